The van der Waals surface area contributed by atoms with E-state index >= 15 is 0 Å². The molecule has 1 aromatic rings. The second-order valence-electron chi connectivity index (χ2n) is 7.98. The highest BCUT2D eigenvalue weighted by molar-refractivity contribution is 5.68. The summed E-state index contributed by atoms with van der Waals surface area (Å²) in [5, 5.41) is 0. The molecular weight excluding hydrogens is 316 g/mol. The van der Waals surface area contributed by atoms with E-state index < -0.39 is 5.60 Å². The number of para-hydroxylation sites is 1. The van der Waals surface area contributed by atoms with Crippen molar-refractivity contribution < 1.29 is 14.3 Å². The minimum Gasteiger partial charge on any atom is -0.444 e. The molecule has 1 fully saturated rings. The van der Waals surface area contributed by atoms with E-state index in [9.17, 15) is 4.79 Å². The Morgan fingerprint density at radius 3 is 2.56 bits per heavy atom. The Morgan fingerprint density at radius 2 is 1.96 bits per heavy atom. The smallest absolute Gasteiger partial charge is 0.410 e. The maximum atomic E-state index is 12.4. The lowest BCUT2D eigenvalue weighted by Gasteiger charge is -2.34. The van der Waals surface area contributed by atoms with Gasteiger partial charge in [-0.2, -0.15) is 0 Å². The topological polar surface area (TPSA) is 42.0 Å². The molecule has 0 N–H and O–H groups in total. The Bertz CT molecular complexity index is 556. The molecule has 0 saturated carbocycles. The van der Waals surface area contributed by atoms with Crippen LogP contribution in [-0.2, 0) is 9.47 Å². The van der Waals surface area contributed by atoms with Crippen LogP contribution in [0.5, 0.6) is 0 Å². The molecule has 1 atom stereocenters. The molecule has 1 amide bonds. The van der Waals surface area contributed by atoms with Crippen molar-refractivity contribution in [3.05, 3.63) is 30.3 Å². The van der Waals surface area contributed by atoms with Crippen molar-refractivity contribution in [1.29, 1.82) is 0 Å². The maximum Gasteiger partial charge on any atom is 0.410 e. The first kappa shape index (κ1) is 19.6. The normalized spacial score (nSPS) is 20.6. The van der Waals surface area contributed by atoms with Gasteiger partial charge in [0, 0.05) is 44.4 Å². The van der Waals surface area contributed by atoms with Gasteiger partial charge in [-0.3, -0.25) is 0 Å². The second kappa shape index (κ2) is 8.09. The van der Waals surface area contributed by atoms with Gasteiger partial charge in [0.2, 0.25) is 0 Å². The fourth-order valence-electron chi connectivity index (χ4n) is 3.31. The molecule has 1 aliphatic rings. The van der Waals surface area contributed by atoms with Gasteiger partial charge in [-0.1, -0.05) is 18.2 Å². The van der Waals surface area contributed by atoms with Gasteiger partial charge < -0.3 is 19.3 Å². The first-order valence-corrected chi connectivity index (χ1v) is 9.06. The number of anilines is 1. The first-order valence-electron chi connectivity index (χ1n) is 9.06. The highest BCUT2D eigenvalue weighted by Crippen LogP contribution is 2.34. The summed E-state index contributed by atoms with van der Waals surface area (Å²) in [6.45, 7) is 11.3. The number of hydrogen-bond donors (Lipinski definition) is 0. The van der Waals surface area contributed by atoms with Crippen LogP contribution in [0.3, 0.4) is 0 Å². The minimum absolute atomic E-state index is 0.0719. The molecule has 5 heteroatoms. The standard InChI is InChI=1S/C20H32N2O3/c1-6-24-16-20(14-21(5)17-10-8-7-9-11-17)12-13-22(15-20)18(23)25-19(2,3)4/h7-11H,6,12-16H2,1-5H3/t20-/m0/s1. The van der Waals surface area contributed by atoms with Crippen LogP contribution in [-0.4, -0.2) is 56.5 Å². The van der Waals surface area contributed by atoms with Gasteiger partial charge in [-0.15, -0.1) is 0 Å². The molecule has 1 aliphatic heterocycles. The Labute approximate surface area is 151 Å². The van der Waals surface area contributed by atoms with Crippen molar-refractivity contribution >= 4 is 11.8 Å². The van der Waals surface area contributed by atoms with Crippen molar-refractivity contribution in [2.75, 3.05) is 44.8 Å². The third-order valence-corrected chi connectivity index (χ3v) is 4.47. The summed E-state index contributed by atoms with van der Waals surface area (Å²) >= 11 is 0. The number of benzene rings is 1. The predicted octanol–water partition coefficient (Wildman–Crippen LogP) is 3.79. The van der Waals surface area contributed by atoms with E-state index in [1.54, 1.807) is 0 Å². The lowest BCUT2D eigenvalue weighted by molar-refractivity contribution is 0.0218. The highest BCUT2D eigenvalue weighted by Gasteiger charge is 2.42. The summed E-state index contributed by atoms with van der Waals surface area (Å²) in [7, 11) is 2.10. The zero-order valence-electron chi connectivity index (χ0n) is 16.2. The number of carbonyl (C=O) groups is 1. The van der Waals surface area contributed by atoms with Gasteiger partial charge in [0.15, 0.2) is 0 Å². The molecule has 0 spiro atoms. The lowest BCUT2D eigenvalue weighted by Crippen LogP contribution is -2.43. The number of likely N-dealkylation sites (tertiary alicyclic amines) is 1. The monoisotopic (exact) mass is 348 g/mol. The average molecular weight is 348 g/mol. The molecule has 0 aromatic heterocycles. The number of rotatable bonds is 6. The van der Waals surface area contributed by atoms with Crippen molar-refractivity contribution in [2.45, 2.75) is 39.7 Å². The zero-order chi connectivity index (χ0) is 18.5. The summed E-state index contributed by atoms with van der Waals surface area (Å²) in [5.74, 6) is 0. The fourth-order valence-corrected chi connectivity index (χ4v) is 3.31. The molecule has 0 bridgehead atoms. The zero-order valence-corrected chi connectivity index (χ0v) is 16.2. The molecule has 0 unspecified atom stereocenters. The maximum absolute atomic E-state index is 12.4. The Balaban J connectivity index is 2.07. The molecular formula is C20H32N2O3. The highest BCUT2D eigenvalue weighted by atomic mass is 16.6. The third-order valence-electron chi connectivity index (χ3n) is 4.47. The molecule has 2 rings (SSSR count). The van der Waals surface area contributed by atoms with Crippen LogP contribution in [0, 0.1) is 5.41 Å². The van der Waals surface area contributed by atoms with Crippen LogP contribution in [0.1, 0.15) is 34.1 Å². The van der Waals surface area contributed by atoms with Crippen LogP contribution in [0.2, 0.25) is 0 Å². The van der Waals surface area contributed by atoms with Crippen molar-refractivity contribution in [1.82, 2.24) is 4.90 Å². The van der Waals surface area contributed by atoms with E-state index in [2.05, 4.69) is 24.1 Å². The summed E-state index contributed by atoms with van der Waals surface area (Å²) < 4.78 is 11.3. The molecule has 1 aromatic carbocycles. The van der Waals surface area contributed by atoms with E-state index in [1.807, 2.05) is 50.8 Å². The third kappa shape index (κ3) is 5.63. The summed E-state index contributed by atoms with van der Waals surface area (Å²) in [6.07, 6.45) is 0.692. The van der Waals surface area contributed by atoms with Crippen molar-refractivity contribution in [2.24, 2.45) is 5.41 Å². The van der Waals surface area contributed by atoms with E-state index in [0.717, 1.165) is 13.0 Å². The quantitative estimate of drug-likeness (QED) is 0.784. The summed E-state index contributed by atoms with van der Waals surface area (Å²) in [4.78, 5) is 16.5. The van der Waals surface area contributed by atoms with Gasteiger partial charge in [-0.05, 0) is 46.2 Å². The molecule has 0 radical (unpaired) electrons. The van der Waals surface area contributed by atoms with E-state index in [-0.39, 0.29) is 11.5 Å². The Hall–Kier alpha value is -1.75. The SMILES string of the molecule is CCOC[C@]1(CN(C)c2ccccc2)CCN(C(=O)OC(C)(C)C)C1. The average Bonchev–Trinajstić information content (AvgIpc) is 2.97. The number of nitrogens with zero attached hydrogens (tertiary/aromatic N) is 2. The molecule has 25 heavy (non-hydrogen) atoms. The first-order chi connectivity index (χ1) is 11.7. The number of ether oxygens (including phenoxy) is 2. The van der Waals surface area contributed by atoms with Crippen LogP contribution in [0.25, 0.3) is 0 Å². The van der Waals surface area contributed by atoms with Crippen LogP contribution < -0.4 is 4.90 Å². The predicted molar refractivity (Wildman–Crippen MR) is 101 cm³/mol. The molecule has 140 valence electrons. The lowest BCUT2D eigenvalue weighted by atomic mass is 9.87. The van der Waals surface area contributed by atoms with E-state index in [1.165, 1.54) is 5.69 Å². The largest absolute Gasteiger partial charge is 0.444 e. The number of amides is 1. The number of carbonyl (C=O) groups excluding carboxylic acids is 1. The van der Waals surface area contributed by atoms with Crippen LogP contribution >= 0.6 is 0 Å². The Kier molecular flexibility index (Phi) is 6.33. The second-order valence-corrected chi connectivity index (χ2v) is 7.98. The molecule has 1 saturated heterocycles. The van der Waals surface area contributed by atoms with Gasteiger partial charge >= 0.3 is 6.09 Å². The van der Waals surface area contributed by atoms with Gasteiger partial charge in [0.25, 0.3) is 0 Å². The Morgan fingerprint density at radius 1 is 1.28 bits per heavy atom. The van der Waals surface area contributed by atoms with Crippen LogP contribution in [0.4, 0.5) is 10.5 Å². The van der Waals surface area contributed by atoms with E-state index in [0.29, 0.717) is 26.3 Å². The van der Waals surface area contributed by atoms with Gasteiger partial charge in [0.1, 0.15) is 5.60 Å². The summed E-state index contributed by atoms with van der Waals surface area (Å²) in [6, 6.07) is 10.3. The summed E-state index contributed by atoms with van der Waals surface area (Å²) in [5.41, 5.74) is 0.634. The van der Waals surface area contributed by atoms with Gasteiger partial charge in [-0.25, -0.2) is 4.79 Å². The molecule has 0 aliphatic carbocycles. The van der Waals surface area contributed by atoms with Crippen LogP contribution in [0.15, 0.2) is 30.3 Å². The van der Waals surface area contributed by atoms with Crippen molar-refractivity contribution in [3.63, 3.8) is 0 Å². The van der Waals surface area contributed by atoms with Gasteiger partial charge in [0.05, 0.1) is 6.61 Å². The van der Waals surface area contributed by atoms with E-state index in [4.69, 9.17) is 9.47 Å². The number of hydrogen-bond acceptors (Lipinski definition) is 4. The minimum atomic E-state index is -0.469. The molecule has 5 nitrogen and oxygen atoms in total. The molecule has 1 heterocycles. The fraction of sp³-hybridized carbons (Fsp3) is 0.650. The van der Waals surface area contributed by atoms with Crippen molar-refractivity contribution in [3.8, 4) is 0 Å².